The quantitative estimate of drug-likeness (QED) is 0.595. The molecule has 0 bridgehead atoms. The molecule has 1 saturated carbocycles. The van der Waals surface area contributed by atoms with Crippen LogP contribution < -0.4 is 11.5 Å². The summed E-state index contributed by atoms with van der Waals surface area (Å²) >= 11 is 0. The van der Waals surface area contributed by atoms with Crippen molar-refractivity contribution in [3.63, 3.8) is 0 Å². The molecule has 10 heavy (non-hydrogen) atoms. The van der Waals surface area contributed by atoms with Gasteiger partial charge in [0.15, 0.2) is 0 Å². The molecule has 0 aromatic heterocycles. The average molecular weight is 187 g/mol. The second-order valence-corrected chi connectivity index (χ2v) is 2.61. The van der Waals surface area contributed by atoms with Crippen LogP contribution in [-0.2, 0) is 0 Å². The Kier molecular flexibility index (Phi) is 8.17. The Hall–Kier alpha value is 0.500. The highest BCUT2D eigenvalue weighted by Gasteiger charge is 2.16. The van der Waals surface area contributed by atoms with Crippen LogP contribution >= 0.6 is 24.8 Å². The fraction of sp³-hybridized carbons (Fsp3) is 1.00. The van der Waals surface area contributed by atoms with Crippen LogP contribution in [0.2, 0.25) is 0 Å². The third-order valence-corrected chi connectivity index (χ3v) is 1.87. The number of hydrogen-bond acceptors (Lipinski definition) is 2. The minimum atomic E-state index is 0. The average Bonchev–Trinajstić information content (AvgIpc) is 1.77. The molecule has 4 heteroatoms. The topological polar surface area (TPSA) is 52.0 Å². The van der Waals surface area contributed by atoms with E-state index in [-0.39, 0.29) is 36.9 Å². The highest BCUT2D eigenvalue weighted by molar-refractivity contribution is 5.85. The SMILES string of the molecule is Cl.Cl.NC1CCCC[C@H]1N. The third kappa shape index (κ3) is 3.62. The normalized spacial score (nSPS) is 31.8. The van der Waals surface area contributed by atoms with Crippen molar-refractivity contribution >= 4 is 24.8 Å². The molecule has 64 valence electrons. The first kappa shape index (κ1) is 13.1. The maximum absolute atomic E-state index is 5.65. The molecule has 0 amide bonds. The van der Waals surface area contributed by atoms with Gasteiger partial charge in [-0.25, -0.2) is 0 Å². The van der Waals surface area contributed by atoms with E-state index in [1.807, 2.05) is 0 Å². The molecule has 1 unspecified atom stereocenters. The molecule has 0 heterocycles. The number of nitrogens with two attached hydrogens (primary N) is 2. The van der Waals surface area contributed by atoms with Crippen molar-refractivity contribution in [2.24, 2.45) is 11.5 Å². The summed E-state index contributed by atoms with van der Waals surface area (Å²) in [5.41, 5.74) is 11.3. The van der Waals surface area contributed by atoms with Gasteiger partial charge in [-0.05, 0) is 12.8 Å². The Morgan fingerprint density at radius 3 is 1.30 bits per heavy atom. The van der Waals surface area contributed by atoms with E-state index in [0.29, 0.717) is 0 Å². The van der Waals surface area contributed by atoms with Crippen molar-refractivity contribution in [1.29, 1.82) is 0 Å². The second kappa shape index (κ2) is 6.23. The summed E-state index contributed by atoms with van der Waals surface area (Å²) in [5.74, 6) is 0. The van der Waals surface area contributed by atoms with Crippen LogP contribution in [0.3, 0.4) is 0 Å². The molecular weight excluding hydrogens is 171 g/mol. The minimum absolute atomic E-state index is 0. The van der Waals surface area contributed by atoms with Crippen LogP contribution in [0.5, 0.6) is 0 Å². The van der Waals surface area contributed by atoms with Crippen molar-refractivity contribution in [1.82, 2.24) is 0 Å². The van der Waals surface area contributed by atoms with Crippen LogP contribution in [0, 0.1) is 0 Å². The minimum Gasteiger partial charge on any atom is -0.326 e. The summed E-state index contributed by atoms with van der Waals surface area (Å²) in [6.07, 6.45) is 4.80. The van der Waals surface area contributed by atoms with E-state index in [9.17, 15) is 0 Å². The standard InChI is InChI=1S/C6H14N2.2ClH/c7-5-3-1-2-4-6(5)8;;/h5-6H,1-4,7-8H2;2*1H/t5-,6?;;/m1../s1. The summed E-state index contributed by atoms with van der Waals surface area (Å²) in [6.45, 7) is 0. The zero-order chi connectivity index (χ0) is 5.98. The highest BCUT2D eigenvalue weighted by Crippen LogP contribution is 2.14. The molecule has 0 saturated heterocycles. The zero-order valence-corrected chi connectivity index (χ0v) is 7.59. The van der Waals surface area contributed by atoms with Gasteiger partial charge >= 0.3 is 0 Å². The van der Waals surface area contributed by atoms with Crippen molar-refractivity contribution in [3.8, 4) is 0 Å². The fourth-order valence-corrected chi connectivity index (χ4v) is 1.19. The van der Waals surface area contributed by atoms with E-state index in [2.05, 4.69) is 0 Å². The molecular formula is C6H16Cl2N2. The van der Waals surface area contributed by atoms with Gasteiger partial charge < -0.3 is 11.5 Å². The number of rotatable bonds is 0. The molecule has 2 atom stereocenters. The van der Waals surface area contributed by atoms with Gasteiger partial charge in [0.1, 0.15) is 0 Å². The van der Waals surface area contributed by atoms with Crippen LogP contribution in [-0.4, -0.2) is 12.1 Å². The van der Waals surface area contributed by atoms with Gasteiger partial charge in [0.25, 0.3) is 0 Å². The van der Waals surface area contributed by atoms with E-state index in [0.717, 1.165) is 12.8 Å². The van der Waals surface area contributed by atoms with Gasteiger partial charge in [-0.1, -0.05) is 12.8 Å². The van der Waals surface area contributed by atoms with E-state index < -0.39 is 0 Å². The first-order chi connectivity index (χ1) is 3.80. The smallest absolute Gasteiger partial charge is 0.0192 e. The maximum atomic E-state index is 5.65. The molecule has 0 aliphatic heterocycles. The first-order valence-corrected chi connectivity index (χ1v) is 3.32. The molecule has 1 rings (SSSR count). The summed E-state index contributed by atoms with van der Waals surface area (Å²) in [5, 5.41) is 0. The van der Waals surface area contributed by atoms with E-state index >= 15 is 0 Å². The zero-order valence-electron chi connectivity index (χ0n) is 5.95. The van der Waals surface area contributed by atoms with Crippen molar-refractivity contribution in [2.75, 3.05) is 0 Å². The lowest BCUT2D eigenvalue weighted by molar-refractivity contribution is 0.385. The lowest BCUT2D eigenvalue weighted by Gasteiger charge is -2.24. The molecule has 0 spiro atoms. The number of hydrogen-bond donors (Lipinski definition) is 2. The molecule has 4 N–H and O–H groups in total. The van der Waals surface area contributed by atoms with Crippen LogP contribution in [0.1, 0.15) is 25.7 Å². The van der Waals surface area contributed by atoms with Crippen molar-refractivity contribution in [2.45, 2.75) is 37.8 Å². The van der Waals surface area contributed by atoms with Gasteiger partial charge in [0.2, 0.25) is 0 Å². The summed E-state index contributed by atoms with van der Waals surface area (Å²) in [4.78, 5) is 0. The summed E-state index contributed by atoms with van der Waals surface area (Å²) in [6, 6.07) is 0.562. The summed E-state index contributed by atoms with van der Waals surface area (Å²) < 4.78 is 0. The van der Waals surface area contributed by atoms with Crippen LogP contribution in [0.4, 0.5) is 0 Å². The Bertz CT molecular complexity index is 70.1. The molecule has 1 fully saturated rings. The molecule has 0 radical (unpaired) electrons. The number of halogens is 2. The molecule has 0 aromatic carbocycles. The maximum Gasteiger partial charge on any atom is 0.0192 e. The monoisotopic (exact) mass is 186 g/mol. The predicted octanol–water partition coefficient (Wildman–Crippen LogP) is 1.06. The Labute approximate surface area is 74.5 Å². The second-order valence-electron chi connectivity index (χ2n) is 2.61. The van der Waals surface area contributed by atoms with E-state index in [4.69, 9.17) is 11.5 Å². The third-order valence-electron chi connectivity index (χ3n) is 1.87. The molecule has 2 nitrogen and oxygen atoms in total. The Morgan fingerprint density at radius 2 is 1.10 bits per heavy atom. The lowest BCUT2D eigenvalue weighted by atomic mass is 9.92. The van der Waals surface area contributed by atoms with Gasteiger partial charge in [0.05, 0.1) is 0 Å². The first-order valence-electron chi connectivity index (χ1n) is 3.32. The lowest BCUT2D eigenvalue weighted by Crippen LogP contribution is -2.43. The molecule has 1 aliphatic carbocycles. The van der Waals surface area contributed by atoms with Crippen molar-refractivity contribution in [3.05, 3.63) is 0 Å². The largest absolute Gasteiger partial charge is 0.326 e. The molecule has 1 aliphatic rings. The summed E-state index contributed by atoms with van der Waals surface area (Å²) in [7, 11) is 0. The highest BCUT2D eigenvalue weighted by atomic mass is 35.5. The van der Waals surface area contributed by atoms with Crippen LogP contribution in [0.15, 0.2) is 0 Å². The fourth-order valence-electron chi connectivity index (χ4n) is 1.19. The van der Waals surface area contributed by atoms with E-state index in [1.54, 1.807) is 0 Å². The Balaban J connectivity index is 0. The molecule has 0 aromatic rings. The predicted molar refractivity (Wildman–Crippen MR) is 48.9 cm³/mol. The van der Waals surface area contributed by atoms with Gasteiger partial charge in [-0.2, -0.15) is 0 Å². The van der Waals surface area contributed by atoms with Gasteiger partial charge in [0, 0.05) is 12.1 Å². The van der Waals surface area contributed by atoms with Gasteiger partial charge in [-0.3, -0.25) is 0 Å². The van der Waals surface area contributed by atoms with Gasteiger partial charge in [-0.15, -0.1) is 24.8 Å². The van der Waals surface area contributed by atoms with Crippen LogP contribution in [0.25, 0.3) is 0 Å². The Morgan fingerprint density at radius 1 is 0.800 bits per heavy atom. The van der Waals surface area contributed by atoms with Crippen molar-refractivity contribution < 1.29 is 0 Å². The van der Waals surface area contributed by atoms with E-state index in [1.165, 1.54) is 12.8 Å².